The summed E-state index contributed by atoms with van der Waals surface area (Å²) in [6.45, 7) is 2.19. The minimum atomic E-state index is -0.558. The van der Waals surface area contributed by atoms with Crippen LogP contribution >= 0.6 is 0 Å². The molecule has 1 aromatic rings. The number of nitrogens with zero attached hydrogens (tertiary/aromatic N) is 1. The molecule has 5 rings (SSSR count). The normalized spacial score (nSPS) is 32.1. The lowest BCUT2D eigenvalue weighted by atomic mass is 10.0. The van der Waals surface area contributed by atoms with E-state index in [1.807, 2.05) is 18.2 Å². The van der Waals surface area contributed by atoms with E-state index in [-0.39, 0.29) is 29.7 Å². The first-order valence-electron chi connectivity index (χ1n) is 9.81. The fourth-order valence-electron chi connectivity index (χ4n) is 4.92. The summed E-state index contributed by atoms with van der Waals surface area (Å²) in [6.07, 6.45) is 4.18. The third kappa shape index (κ3) is 2.76. The number of hydrogen-bond acceptors (Lipinski definition) is 5. The van der Waals surface area contributed by atoms with Gasteiger partial charge in [0.15, 0.2) is 0 Å². The van der Waals surface area contributed by atoms with E-state index < -0.39 is 6.04 Å². The number of carbonyl (C=O) groups is 3. The Kier molecular flexibility index (Phi) is 3.84. The molecule has 1 aliphatic carbocycles. The van der Waals surface area contributed by atoms with E-state index in [0.29, 0.717) is 25.6 Å². The zero-order valence-electron chi connectivity index (χ0n) is 15.2. The molecule has 0 radical (unpaired) electrons. The van der Waals surface area contributed by atoms with Crippen molar-refractivity contribution in [3.63, 3.8) is 0 Å². The first-order chi connectivity index (χ1) is 13.1. The Morgan fingerprint density at radius 3 is 2.96 bits per heavy atom. The van der Waals surface area contributed by atoms with E-state index in [1.165, 1.54) is 12.8 Å². The first-order valence-corrected chi connectivity index (χ1v) is 9.81. The Balaban J connectivity index is 1.34. The summed E-state index contributed by atoms with van der Waals surface area (Å²) in [6, 6.07) is 5.94. The molecule has 3 N–H and O–H groups in total. The van der Waals surface area contributed by atoms with Crippen LogP contribution in [0.5, 0.6) is 0 Å². The van der Waals surface area contributed by atoms with Crippen molar-refractivity contribution in [2.75, 3.05) is 6.54 Å². The average molecular weight is 368 g/mol. The van der Waals surface area contributed by atoms with Gasteiger partial charge in [-0.1, -0.05) is 18.2 Å². The summed E-state index contributed by atoms with van der Waals surface area (Å²) in [4.78, 5) is 38.3. The SMILES string of the molecule is O=C1CCC(N2Cc3cccc(CN[C@@]45CCCN[C@@H]4C5)c3C2=O)C(=O)N1. The summed E-state index contributed by atoms with van der Waals surface area (Å²) < 4.78 is 0. The van der Waals surface area contributed by atoms with Crippen molar-refractivity contribution in [3.05, 3.63) is 34.9 Å². The zero-order valence-corrected chi connectivity index (χ0v) is 15.2. The van der Waals surface area contributed by atoms with Crippen LogP contribution in [0.15, 0.2) is 18.2 Å². The number of rotatable bonds is 4. The third-order valence-electron chi connectivity index (χ3n) is 6.54. The van der Waals surface area contributed by atoms with Crippen LogP contribution in [0, 0.1) is 0 Å². The van der Waals surface area contributed by atoms with Crippen molar-refractivity contribution >= 4 is 17.7 Å². The van der Waals surface area contributed by atoms with Gasteiger partial charge >= 0.3 is 0 Å². The number of amides is 3. The second-order valence-corrected chi connectivity index (χ2v) is 8.18. The van der Waals surface area contributed by atoms with Gasteiger partial charge in [-0.2, -0.15) is 0 Å². The van der Waals surface area contributed by atoms with Crippen LogP contribution in [0.2, 0.25) is 0 Å². The highest BCUT2D eigenvalue weighted by Gasteiger charge is 2.54. The van der Waals surface area contributed by atoms with Crippen LogP contribution < -0.4 is 16.0 Å². The van der Waals surface area contributed by atoms with Crippen LogP contribution in [0.25, 0.3) is 0 Å². The molecule has 0 aromatic heterocycles. The number of nitrogens with one attached hydrogen (secondary N) is 3. The van der Waals surface area contributed by atoms with Crippen molar-refractivity contribution < 1.29 is 14.4 Å². The number of carbonyl (C=O) groups excluding carboxylic acids is 3. The molecule has 0 bridgehead atoms. The van der Waals surface area contributed by atoms with Crippen molar-refractivity contribution in [1.82, 2.24) is 20.9 Å². The van der Waals surface area contributed by atoms with Gasteiger partial charge in [-0.05, 0) is 43.4 Å². The maximum Gasteiger partial charge on any atom is 0.255 e. The van der Waals surface area contributed by atoms with Gasteiger partial charge in [0.2, 0.25) is 11.8 Å². The molecule has 3 amide bonds. The largest absolute Gasteiger partial charge is 0.322 e. The van der Waals surface area contributed by atoms with Crippen molar-refractivity contribution in [2.24, 2.45) is 0 Å². The summed E-state index contributed by atoms with van der Waals surface area (Å²) in [7, 11) is 0. The van der Waals surface area contributed by atoms with E-state index in [0.717, 1.165) is 29.7 Å². The average Bonchev–Trinajstić information content (AvgIpc) is 3.30. The Morgan fingerprint density at radius 1 is 1.26 bits per heavy atom. The van der Waals surface area contributed by atoms with E-state index in [1.54, 1.807) is 4.90 Å². The van der Waals surface area contributed by atoms with Crippen molar-refractivity contribution in [3.8, 4) is 0 Å². The van der Waals surface area contributed by atoms with Gasteiger partial charge in [-0.25, -0.2) is 0 Å². The summed E-state index contributed by atoms with van der Waals surface area (Å²) in [5.74, 6) is -0.715. The highest BCUT2D eigenvalue weighted by molar-refractivity contribution is 6.05. The van der Waals surface area contributed by atoms with Gasteiger partial charge < -0.3 is 15.5 Å². The third-order valence-corrected chi connectivity index (χ3v) is 6.54. The molecule has 1 aromatic carbocycles. The Morgan fingerprint density at radius 2 is 2.15 bits per heavy atom. The lowest BCUT2D eigenvalue weighted by Crippen LogP contribution is -2.52. The molecule has 7 nitrogen and oxygen atoms in total. The van der Waals surface area contributed by atoms with Crippen LogP contribution in [-0.2, 0) is 22.7 Å². The maximum atomic E-state index is 13.1. The number of hydrogen-bond donors (Lipinski definition) is 3. The molecule has 4 aliphatic rings. The monoisotopic (exact) mass is 368 g/mol. The Bertz CT molecular complexity index is 839. The predicted octanol–water partition coefficient (Wildman–Crippen LogP) is 0.432. The molecule has 2 saturated heterocycles. The van der Waals surface area contributed by atoms with Crippen molar-refractivity contribution in [1.29, 1.82) is 0 Å². The van der Waals surface area contributed by atoms with Crippen LogP contribution in [0.1, 0.15) is 53.6 Å². The molecule has 1 saturated carbocycles. The Labute approximate surface area is 157 Å². The maximum absolute atomic E-state index is 13.1. The molecular formula is C20H24N4O3. The summed E-state index contributed by atoms with van der Waals surface area (Å²) in [5, 5.41) is 9.59. The molecule has 3 atom stereocenters. The Hall–Kier alpha value is -2.25. The first kappa shape index (κ1) is 16.9. The molecule has 27 heavy (non-hydrogen) atoms. The van der Waals surface area contributed by atoms with Gasteiger partial charge in [0.1, 0.15) is 6.04 Å². The molecule has 3 aliphatic heterocycles. The van der Waals surface area contributed by atoms with Gasteiger partial charge in [-0.15, -0.1) is 0 Å². The highest BCUT2D eigenvalue weighted by atomic mass is 16.2. The van der Waals surface area contributed by atoms with Gasteiger partial charge in [0, 0.05) is 36.7 Å². The van der Waals surface area contributed by atoms with Crippen LogP contribution in [0.3, 0.4) is 0 Å². The predicted molar refractivity (Wildman–Crippen MR) is 97.7 cm³/mol. The minimum absolute atomic E-state index is 0.0940. The van der Waals surface area contributed by atoms with E-state index in [4.69, 9.17) is 0 Å². The highest BCUT2D eigenvalue weighted by Crippen LogP contribution is 2.43. The van der Waals surface area contributed by atoms with Gasteiger partial charge in [0.25, 0.3) is 5.91 Å². The van der Waals surface area contributed by atoms with E-state index >= 15 is 0 Å². The van der Waals surface area contributed by atoms with Crippen LogP contribution in [0.4, 0.5) is 0 Å². The summed E-state index contributed by atoms with van der Waals surface area (Å²) >= 11 is 0. The molecule has 3 fully saturated rings. The fraction of sp³-hybridized carbons (Fsp3) is 0.550. The minimum Gasteiger partial charge on any atom is -0.322 e. The van der Waals surface area contributed by atoms with Gasteiger partial charge in [0.05, 0.1) is 0 Å². The zero-order chi connectivity index (χ0) is 18.6. The van der Waals surface area contributed by atoms with E-state index in [2.05, 4.69) is 16.0 Å². The smallest absolute Gasteiger partial charge is 0.255 e. The number of piperidine rings is 2. The van der Waals surface area contributed by atoms with Gasteiger partial charge in [-0.3, -0.25) is 19.7 Å². The topological polar surface area (TPSA) is 90.5 Å². The summed E-state index contributed by atoms with van der Waals surface area (Å²) in [5.41, 5.74) is 2.88. The molecular weight excluding hydrogens is 344 g/mol. The molecule has 7 heteroatoms. The number of benzene rings is 1. The molecule has 142 valence electrons. The molecule has 3 heterocycles. The number of fused-ring (bicyclic) bond motifs is 2. The number of imide groups is 1. The quantitative estimate of drug-likeness (QED) is 0.671. The molecule has 0 spiro atoms. The second-order valence-electron chi connectivity index (χ2n) is 8.18. The fourth-order valence-corrected chi connectivity index (χ4v) is 4.92. The lowest BCUT2D eigenvalue weighted by molar-refractivity contribution is -0.136. The lowest BCUT2D eigenvalue weighted by Gasteiger charge is -2.29. The van der Waals surface area contributed by atoms with E-state index in [9.17, 15) is 14.4 Å². The second kappa shape index (κ2) is 6.14. The molecule has 1 unspecified atom stereocenters. The van der Waals surface area contributed by atoms with Crippen LogP contribution in [-0.4, -0.2) is 46.8 Å². The standard InChI is InChI=1S/C20H24N4O3/c25-16-6-5-14(18(26)23-16)24-11-13-4-1-3-12(17(13)19(24)27)10-22-20-7-2-8-21-15(20)9-20/h1,3-4,14-15,21-22H,2,5-11H2,(H,23,25,26)/t14?,15-,20-/m1/s1. The van der Waals surface area contributed by atoms with Crippen molar-refractivity contribution in [2.45, 2.75) is 62.8 Å².